The highest BCUT2D eigenvalue weighted by atomic mass is 16.6. The summed E-state index contributed by atoms with van der Waals surface area (Å²) in [6.07, 6.45) is -0.446. The van der Waals surface area contributed by atoms with Gasteiger partial charge in [0, 0.05) is 26.5 Å². The third-order valence-corrected chi connectivity index (χ3v) is 2.96. The van der Waals surface area contributed by atoms with Crippen LogP contribution in [-0.2, 0) is 18.4 Å². The van der Waals surface area contributed by atoms with Crippen molar-refractivity contribution in [1.82, 2.24) is 9.47 Å². The van der Waals surface area contributed by atoms with Crippen LogP contribution in [-0.4, -0.2) is 39.9 Å². The van der Waals surface area contributed by atoms with E-state index in [4.69, 9.17) is 4.74 Å². The van der Waals surface area contributed by atoms with Crippen molar-refractivity contribution in [2.24, 2.45) is 7.05 Å². The fourth-order valence-corrected chi connectivity index (χ4v) is 1.89. The van der Waals surface area contributed by atoms with Crippen LogP contribution in [0.2, 0.25) is 0 Å². The zero-order valence-electron chi connectivity index (χ0n) is 11.0. The highest BCUT2D eigenvalue weighted by Gasteiger charge is 2.14. The third-order valence-electron chi connectivity index (χ3n) is 2.96. The van der Waals surface area contributed by atoms with Crippen LogP contribution in [0.15, 0.2) is 18.2 Å². The molecule has 1 amide bonds. The van der Waals surface area contributed by atoms with E-state index in [1.165, 1.54) is 17.0 Å². The summed E-state index contributed by atoms with van der Waals surface area (Å²) in [5.74, 6) is 0.147. The van der Waals surface area contributed by atoms with E-state index >= 15 is 0 Å². The van der Waals surface area contributed by atoms with Crippen LogP contribution >= 0.6 is 0 Å². The van der Waals surface area contributed by atoms with E-state index in [2.05, 4.69) is 0 Å². The SMILES string of the molecule is CN(C)C(=O)OCc1cc2c(O)ccc(O)c2n1C. The number of aromatic hydroxyl groups is 2. The first kappa shape index (κ1) is 13.1. The second-order valence-electron chi connectivity index (χ2n) is 4.51. The molecule has 1 aromatic heterocycles. The van der Waals surface area contributed by atoms with Crippen molar-refractivity contribution in [3.63, 3.8) is 0 Å². The molecule has 19 heavy (non-hydrogen) atoms. The van der Waals surface area contributed by atoms with Crippen LogP contribution in [0, 0.1) is 0 Å². The summed E-state index contributed by atoms with van der Waals surface area (Å²) >= 11 is 0. The second-order valence-corrected chi connectivity index (χ2v) is 4.51. The van der Waals surface area contributed by atoms with Gasteiger partial charge in [-0.15, -0.1) is 0 Å². The minimum absolute atomic E-state index is 0.0699. The number of carbonyl (C=O) groups is 1. The maximum Gasteiger partial charge on any atom is 0.409 e. The van der Waals surface area contributed by atoms with Gasteiger partial charge in [0.05, 0.1) is 11.2 Å². The van der Waals surface area contributed by atoms with E-state index in [0.29, 0.717) is 16.6 Å². The van der Waals surface area contributed by atoms with E-state index < -0.39 is 6.09 Å². The summed E-state index contributed by atoms with van der Waals surface area (Å²) < 4.78 is 6.77. The summed E-state index contributed by atoms with van der Waals surface area (Å²) in [4.78, 5) is 12.7. The molecule has 0 radical (unpaired) electrons. The number of benzene rings is 1. The first-order valence-corrected chi connectivity index (χ1v) is 5.75. The molecule has 0 bridgehead atoms. The Morgan fingerprint density at radius 1 is 1.32 bits per heavy atom. The molecule has 0 fully saturated rings. The number of fused-ring (bicyclic) bond motifs is 1. The predicted octanol–water partition coefficient (Wildman–Crippen LogP) is 1.79. The number of hydrogen-bond acceptors (Lipinski definition) is 4. The minimum atomic E-state index is -0.446. The number of amides is 1. The molecule has 6 nitrogen and oxygen atoms in total. The Bertz CT molecular complexity index is 631. The molecule has 0 aliphatic carbocycles. The molecule has 1 heterocycles. The molecule has 6 heteroatoms. The monoisotopic (exact) mass is 264 g/mol. The molecule has 2 rings (SSSR count). The highest BCUT2D eigenvalue weighted by Crippen LogP contribution is 2.33. The van der Waals surface area contributed by atoms with Gasteiger partial charge in [0.1, 0.15) is 18.1 Å². The number of hydrogen-bond donors (Lipinski definition) is 2. The number of aryl methyl sites for hydroxylation is 1. The van der Waals surface area contributed by atoms with Crippen molar-refractivity contribution in [3.05, 3.63) is 23.9 Å². The van der Waals surface area contributed by atoms with Crippen molar-refractivity contribution in [2.75, 3.05) is 14.1 Å². The van der Waals surface area contributed by atoms with E-state index in [1.54, 1.807) is 31.8 Å². The summed E-state index contributed by atoms with van der Waals surface area (Å²) in [6, 6.07) is 4.54. The molecular formula is C13H16N2O4. The zero-order chi connectivity index (χ0) is 14.2. The molecule has 1 aromatic carbocycles. The van der Waals surface area contributed by atoms with Crippen molar-refractivity contribution in [3.8, 4) is 11.5 Å². The Kier molecular flexibility index (Phi) is 3.25. The van der Waals surface area contributed by atoms with Gasteiger partial charge in [-0.3, -0.25) is 0 Å². The van der Waals surface area contributed by atoms with E-state index in [1.807, 2.05) is 0 Å². The van der Waals surface area contributed by atoms with Crippen molar-refractivity contribution in [1.29, 1.82) is 0 Å². The summed E-state index contributed by atoms with van der Waals surface area (Å²) in [7, 11) is 4.93. The number of phenols is 2. The van der Waals surface area contributed by atoms with Crippen LogP contribution in [0.3, 0.4) is 0 Å². The van der Waals surface area contributed by atoms with Gasteiger partial charge >= 0.3 is 6.09 Å². The largest absolute Gasteiger partial charge is 0.507 e. The molecule has 2 aromatic rings. The fraction of sp³-hybridized carbons (Fsp3) is 0.308. The van der Waals surface area contributed by atoms with Gasteiger partial charge in [-0.1, -0.05) is 0 Å². The van der Waals surface area contributed by atoms with Gasteiger partial charge in [0.25, 0.3) is 0 Å². The Labute approximate surface area is 110 Å². The molecular weight excluding hydrogens is 248 g/mol. The van der Waals surface area contributed by atoms with Crippen LogP contribution in [0.1, 0.15) is 5.69 Å². The normalized spacial score (nSPS) is 10.7. The maximum absolute atomic E-state index is 11.4. The lowest BCUT2D eigenvalue weighted by atomic mass is 10.2. The molecule has 0 atom stereocenters. The Balaban J connectivity index is 2.35. The standard InChI is InChI=1S/C13H16N2O4/c1-14(2)13(18)19-7-8-6-9-10(16)4-5-11(17)12(9)15(8)3/h4-6,16-17H,7H2,1-3H3. The molecule has 0 aliphatic rings. The molecule has 0 saturated heterocycles. The Hall–Kier alpha value is -2.37. The van der Waals surface area contributed by atoms with Crippen molar-refractivity contribution < 1.29 is 19.7 Å². The summed E-state index contributed by atoms with van der Waals surface area (Å²) in [6.45, 7) is 0.0705. The lowest BCUT2D eigenvalue weighted by Crippen LogP contribution is -2.22. The second kappa shape index (κ2) is 4.72. The number of phenolic OH excluding ortho intramolecular Hbond substituents is 2. The number of carbonyl (C=O) groups excluding carboxylic acids is 1. The lowest BCUT2D eigenvalue weighted by Gasteiger charge is -2.11. The first-order valence-electron chi connectivity index (χ1n) is 5.75. The van der Waals surface area contributed by atoms with Crippen molar-refractivity contribution >= 4 is 17.0 Å². The van der Waals surface area contributed by atoms with Crippen LogP contribution in [0.25, 0.3) is 10.9 Å². The number of aromatic nitrogens is 1. The zero-order valence-corrected chi connectivity index (χ0v) is 11.0. The quantitative estimate of drug-likeness (QED) is 0.811. The predicted molar refractivity (Wildman–Crippen MR) is 70.1 cm³/mol. The molecule has 0 spiro atoms. The molecule has 0 saturated carbocycles. The fourth-order valence-electron chi connectivity index (χ4n) is 1.89. The van der Waals surface area contributed by atoms with Gasteiger partial charge < -0.3 is 24.4 Å². The number of nitrogens with zero attached hydrogens (tertiary/aromatic N) is 2. The minimum Gasteiger partial charge on any atom is -0.507 e. The number of rotatable bonds is 2. The number of ether oxygens (including phenoxy) is 1. The molecule has 0 aliphatic heterocycles. The van der Waals surface area contributed by atoms with Crippen LogP contribution < -0.4 is 0 Å². The van der Waals surface area contributed by atoms with Gasteiger partial charge in [0.15, 0.2) is 0 Å². The third kappa shape index (κ3) is 2.29. The van der Waals surface area contributed by atoms with Gasteiger partial charge in [-0.25, -0.2) is 4.79 Å². The summed E-state index contributed by atoms with van der Waals surface area (Å²) in [5, 5.41) is 20.1. The smallest absolute Gasteiger partial charge is 0.409 e. The first-order chi connectivity index (χ1) is 8.91. The molecule has 0 unspecified atom stereocenters. The van der Waals surface area contributed by atoms with Gasteiger partial charge in [-0.2, -0.15) is 0 Å². The van der Waals surface area contributed by atoms with Crippen molar-refractivity contribution in [2.45, 2.75) is 6.61 Å². The van der Waals surface area contributed by atoms with E-state index in [0.717, 1.165) is 0 Å². The van der Waals surface area contributed by atoms with E-state index in [9.17, 15) is 15.0 Å². The topological polar surface area (TPSA) is 74.9 Å². The van der Waals surface area contributed by atoms with Crippen LogP contribution in [0.5, 0.6) is 11.5 Å². The Morgan fingerprint density at radius 3 is 2.53 bits per heavy atom. The average molecular weight is 264 g/mol. The Morgan fingerprint density at radius 2 is 1.95 bits per heavy atom. The maximum atomic E-state index is 11.4. The average Bonchev–Trinajstić information content (AvgIpc) is 2.69. The van der Waals surface area contributed by atoms with Crippen LogP contribution in [0.4, 0.5) is 4.79 Å². The van der Waals surface area contributed by atoms with Gasteiger partial charge in [0.2, 0.25) is 0 Å². The van der Waals surface area contributed by atoms with E-state index in [-0.39, 0.29) is 18.1 Å². The highest BCUT2D eigenvalue weighted by molar-refractivity contribution is 5.91. The molecule has 102 valence electrons. The van der Waals surface area contributed by atoms with Gasteiger partial charge in [-0.05, 0) is 18.2 Å². The summed E-state index contributed by atoms with van der Waals surface area (Å²) in [5.41, 5.74) is 1.19. The molecule has 2 N–H and O–H groups in total. The lowest BCUT2D eigenvalue weighted by molar-refractivity contribution is 0.110.